The molecule has 0 N–H and O–H groups in total. The van der Waals surface area contributed by atoms with Crippen LogP contribution in [0.1, 0.15) is 17.0 Å². The van der Waals surface area contributed by atoms with E-state index in [0.29, 0.717) is 11.5 Å². The van der Waals surface area contributed by atoms with Crippen molar-refractivity contribution < 1.29 is 4.52 Å². The summed E-state index contributed by atoms with van der Waals surface area (Å²) in [5.41, 5.74) is 2.25. The van der Waals surface area contributed by atoms with Gasteiger partial charge in [-0.2, -0.15) is 4.98 Å². The zero-order valence-corrected chi connectivity index (χ0v) is 15.5. The Kier molecular flexibility index (Phi) is 4.49. The summed E-state index contributed by atoms with van der Waals surface area (Å²) < 4.78 is 7.87. The Hall–Kier alpha value is -3.74. The fourth-order valence-electron chi connectivity index (χ4n) is 2.94. The van der Waals surface area contributed by atoms with Crippen LogP contribution in [0.3, 0.4) is 0 Å². The first-order valence-electron chi connectivity index (χ1n) is 8.80. The van der Waals surface area contributed by atoms with E-state index in [4.69, 9.17) is 4.52 Å². The van der Waals surface area contributed by atoms with Crippen molar-refractivity contribution in [2.45, 2.75) is 20.4 Å². The van der Waals surface area contributed by atoms with Crippen LogP contribution in [0.2, 0.25) is 0 Å². The van der Waals surface area contributed by atoms with Crippen LogP contribution in [0.25, 0.3) is 17.1 Å². The molecule has 4 aromatic rings. The van der Waals surface area contributed by atoms with Crippen molar-refractivity contribution in [2.75, 3.05) is 0 Å². The molecule has 140 valence electrons. The Labute approximate surface area is 160 Å². The molecule has 0 spiro atoms. The van der Waals surface area contributed by atoms with Crippen molar-refractivity contribution in [1.29, 1.82) is 0 Å². The molecule has 0 saturated carbocycles. The monoisotopic (exact) mass is 374 g/mol. The topological polar surface area (TPSA) is 82.9 Å². The second-order valence-corrected chi connectivity index (χ2v) is 6.57. The van der Waals surface area contributed by atoms with Gasteiger partial charge < -0.3 is 4.52 Å². The van der Waals surface area contributed by atoms with Crippen LogP contribution in [0.5, 0.6) is 0 Å². The van der Waals surface area contributed by atoms with Gasteiger partial charge in [0, 0.05) is 18.0 Å². The molecule has 0 unspecified atom stereocenters. The van der Waals surface area contributed by atoms with E-state index in [9.17, 15) is 9.59 Å². The molecular weight excluding hydrogens is 356 g/mol. The Balaban J connectivity index is 1.64. The van der Waals surface area contributed by atoms with Crippen molar-refractivity contribution in [3.8, 4) is 17.1 Å². The summed E-state index contributed by atoms with van der Waals surface area (Å²) in [5, 5.41) is 3.96. The number of rotatable bonds is 4. The van der Waals surface area contributed by atoms with Gasteiger partial charge in [0.1, 0.15) is 6.54 Å². The van der Waals surface area contributed by atoms with Crippen molar-refractivity contribution in [3.05, 3.63) is 98.6 Å². The van der Waals surface area contributed by atoms with Crippen molar-refractivity contribution in [2.24, 2.45) is 0 Å². The number of nitrogens with zero attached hydrogens (tertiary/aromatic N) is 4. The molecule has 0 aliphatic carbocycles. The summed E-state index contributed by atoms with van der Waals surface area (Å²) >= 11 is 0. The number of hydrogen-bond donors (Lipinski definition) is 0. The lowest BCUT2D eigenvalue weighted by Crippen LogP contribution is -2.40. The first kappa shape index (κ1) is 17.7. The molecule has 0 amide bonds. The Morgan fingerprint density at radius 3 is 2.43 bits per heavy atom. The summed E-state index contributed by atoms with van der Waals surface area (Å²) in [5.74, 6) is 0.696. The molecule has 0 aliphatic rings. The Morgan fingerprint density at radius 1 is 0.929 bits per heavy atom. The highest BCUT2D eigenvalue weighted by Gasteiger charge is 2.13. The molecule has 4 rings (SSSR count). The van der Waals surface area contributed by atoms with E-state index in [2.05, 4.69) is 10.1 Å². The van der Waals surface area contributed by atoms with Gasteiger partial charge in [0.2, 0.25) is 11.7 Å². The Bertz CT molecular complexity index is 1250. The molecule has 7 heteroatoms. The second kappa shape index (κ2) is 7.11. The maximum absolute atomic E-state index is 12.6. The summed E-state index contributed by atoms with van der Waals surface area (Å²) in [6, 6.07) is 15.1. The summed E-state index contributed by atoms with van der Waals surface area (Å²) in [7, 11) is 0. The third kappa shape index (κ3) is 3.29. The van der Waals surface area contributed by atoms with Crippen LogP contribution < -0.4 is 11.1 Å². The summed E-state index contributed by atoms with van der Waals surface area (Å²) in [6.45, 7) is 3.91. The van der Waals surface area contributed by atoms with Gasteiger partial charge >= 0.3 is 11.1 Å². The van der Waals surface area contributed by atoms with Crippen LogP contribution >= 0.6 is 0 Å². The highest BCUT2D eigenvalue weighted by Crippen LogP contribution is 2.16. The number of benzene rings is 2. The summed E-state index contributed by atoms with van der Waals surface area (Å²) in [4.78, 5) is 29.4. The van der Waals surface area contributed by atoms with Gasteiger partial charge in [-0.15, -0.1) is 0 Å². The molecule has 0 bridgehead atoms. The van der Waals surface area contributed by atoms with Crippen LogP contribution in [0.4, 0.5) is 0 Å². The summed E-state index contributed by atoms with van der Waals surface area (Å²) in [6.07, 6.45) is 3.12. The van der Waals surface area contributed by atoms with E-state index in [1.54, 1.807) is 18.5 Å². The van der Waals surface area contributed by atoms with Crippen LogP contribution in [-0.4, -0.2) is 19.3 Å². The predicted octanol–water partition coefficient (Wildman–Crippen LogP) is 2.71. The third-order valence-corrected chi connectivity index (χ3v) is 4.52. The van der Waals surface area contributed by atoms with Gasteiger partial charge in [0.05, 0.1) is 5.69 Å². The first-order valence-corrected chi connectivity index (χ1v) is 8.80. The highest BCUT2D eigenvalue weighted by atomic mass is 16.5. The van der Waals surface area contributed by atoms with E-state index >= 15 is 0 Å². The zero-order valence-electron chi connectivity index (χ0n) is 15.5. The average molecular weight is 374 g/mol. The lowest BCUT2D eigenvalue weighted by Gasteiger charge is -2.09. The largest absolute Gasteiger partial charge is 0.337 e. The van der Waals surface area contributed by atoms with Gasteiger partial charge in [-0.1, -0.05) is 53.2 Å². The van der Waals surface area contributed by atoms with Crippen LogP contribution in [0.15, 0.2) is 75.0 Å². The van der Waals surface area contributed by atoms with Gasteiger partial charge in [-0.3, -0.25) is 18.7 Å². The molecule has 2 aromatic heterocycles. The van der Waals surface area contributed by atoms with Crippen molar-refractivity contribution >= 4 is 0 Å². The van der Waals surface area contributed by atoms with Crippen molar-refractivity contribution in [1.82, 2.24) is 19.3 Å². The Morgan fingerprint density at radius 2 is 1.68 bits per heavy atom. The molecule has 0 saturated heterocycles. The second-order valence-electron chi connectivity index (χ2n) is 6.57. The lowest BCUT2D eigenvalue weighted by atomic mass is 10.1. The number of hydrogen-bond acceptors (Lipinski definition) is 5. The van der Waals surface area contributed by atoms with Gasteiger partial charge in [-0.25, -0.2) is 0 Å². The van der Waals surface area contributed by atoms with Crippen molar-refractivity contribution in [3.63, 3.8) is 0 Å². The average Bonchev–Trinajstić information content (AvgIpc) is 3.16. The SMILES string of the molecule is Cc1ccc(-c2noc(Cn3ccn(-c4ccccc4C)c(=O)c3=O)n2)cc1. The van der Waals surface area contributed by atoms with E-state index < -0.39 is 11.1 Å². The fraction of sp³-hybridized carbons (Fsp3) is 0.143. The molecule has 0 aliphatic heterocycles. The molecule has 0 atom stereocenters. The first-order chi connectivity index (χ1) is 13.5. The van der Waals surface area contributed by atoms with E-state index in [0.717, 1.165) is 16.7 Å². The maximum Gasteiger partial charge on any atom is 0.320 e. The molecule has 2 heterocycles. The maximum atomic E-state index is 12.6. The number of para-hydroxylation sites is 1. The predicted molar refractivity (Wildman–Crippen MR) is 105 cm³/mol. The van der Waals surface area contributed by atoms with Gasteiger partial charge in [-0.05, 0) is 25.5 Å². The smallest absolute Gasteiger partial charge is 0.320 e. The number of aryl methyl sites for hydroxylation is 2. The normalized spacial score (nSPS) is 10.9. The van der Waals surface area contributed by atoms with Crippen LogP contribution in [-0.2, 0) is 6.54 Å². The minimum absolute atomic E-state index is 0.0293. The third-order valence-electron chi connectivity index (χ3n) is 4.52. The molecular formula is C21H18N4O3. The van der Waals surface area contributed by atoms with E-state index in [-0.39, 0.29) is 12.4 Å². The number of aromatic nitrogens is 4. The zero-order chi connectivity index (χ0) is 19.7. The molecule has 7 nitrogen and oxygen atoms in total. The van der Waals surface area contributed by atoms with Gasteiger partial charge in [0.15, 0.2) is 0 Å². The molecule has 2 aromatic carbocycles. The van der Waals surface area contributed by atoms with E-state index in [1.165, 1.54) is 9.13 Å². The van der Waals surface area contributed by atoms with Gasteiger partial charge in [0.25, 0.3) is 0 Å². The standard InChI is InChI=1S/C21H18N4O3/c1-14-7-9-16(10-8-14)19-22-18(28-23-19)13-24-11-12-25(21(27)20(24)26)17-6-4-3-5-15(17)2/h3-12H,13H2,1-2H3. The minimum Gasteiger partial charge on any atom is -0.337 e. The highest BCUT2D eigenvalue weighted by molar-refractivity contribution is 5.54. The molecule has 28 heavy (non-hydrogen) atoms. The molecule has 0 radical (unpaired) electrons. The quantitative estimate of drug-likeness (QED) is 0.513. The van der Waals surface area contributed by atoms with Crippen LogP contribution in [0, 0.1) is 13.8 Å². The van der Waals surface area contributed by atoms with E-state index in [1.807, 2.05) is 56.3 Å². The fourth-order valence-corrected chi connectivity index (χ4v) is 2.94. The molecule has 0 fully saturated rings. The lowest BCUT2D eigenvalue weighted by molar-refractivity contribution is 0.369. The minimum atomic E-state index is -0.652.